The quantitative estimate of drug-likeness (QED) is 0.903. The van der Waals surface area contributed by atoms with Gasteiger partial charge >= 0.3 is 0 Å². The summed E-state index contributed by atoms with van der Waals surface area (Å²) in [6.45, 7) is 6.81. The van der Waals surface area contributed by atoms with E-state index in [1.807, 2.05) is 49.1 Å². The Morgan fingerprint density at radius 1 is 1.33 bits per heavy atom. The van der Waals surface area contributed by atoms with E-state index in [2.05, 4.69) is 4.90 Å². The van der Waals surface area contributed by atoms with Gasteiger partial charge in [0.2, 0.25) is 5.91 Å². The molecule has 4 heteroatoms. The van der Waals surface area contributed by atoms with E-state index >= 15 is 0 Å². The van der Waals surface area contributed by atoms with Crippen molar-refractivity contribution in [3.8, 4) is 0 Å². The van der Waals surface area contributed by atoms with Crippen LogP contribution in [0.1, 0.15) is 26.7 Å². The van der Waals surface area contributed by atoms with Crippen molar-refractivity contribution in [1.29, 1.82) is 0 Å². The molecule has 4 nitrogen and oxygen atoms in total. The summed E-state index contributed by atoms with van der Waals surface area (Å²) in [5.74, 6) is 0.534. The minimum absolute atomic E-state index is 0.152. The molecule has 116 valence electrons. The summed E-state index contributed by atoms with van der Waals surface area (Å²) in [7, 11) is 0. The number of aliphatic hydroxyl groups excluding tert-OH is 1. The van der Waals surface area contributed by atoms with Crippen LogP contribution in [-0.2, 0) is 4.79 Å². The monoisotopic (exact) mass is 290 g/mol. The molecular weight excluding hydrogens is 264 g/mol. The molecule has 0 saturated carbocycles. The molecule has 1 N–H and O–H groups in total. The summed E-state index contributed by atoms with van der Waals surface area (Å²) in [6.07, 6.45) is 1.71. The molecule has 1 aromatic rings. The van der Waals surface area contributed by atoms with Crippen LogP contribution >= 0.6 is 0 Å². The van der Waals surface area contributed by atoms with E-state index in [9.17, 15) is 9.90 Å². The van der Waals surface area contributed by atoms with E-state index in [1.54, 1.807) is 0 Å². The van der Waals surface area contributed by atoms with Crippen LogP contribution in [0, 0.1) is 5.92 Å². The zero-order chi connectivity index (χ0) is 15.2. The van der Waals surface area contributed by atoms with Gasteiger partial charge in [0.05, 0.1) is 12.6 Å². The number of rotatable bonds is 5. The third-order valence-corrected chi connectivity index (χ3v) is 4.36. The van der Waals surface area contributed by atoms with E-state index in [0.717, 1.165) is 31.6 Å². The van der Waals surface area contributed by atoms with Gasteiger partial charge in [0.15, 0.2) is 0 Å². The molecule has 1 atom stereocenters. The van der Waals surface area contributed by atoms with Gasteiger partial charge in [-0.15, -0.1) is 0 Å². The predicted molar refractivity (Wildman–Crippen MR) is 85.3 cm³/mol. The third kappa shape index (κ3) is 4.29. The maximum atomic E-state index is 12.5. The number of anilines is 1. The highest BCUT2D eigenvalue weighted by molar-refractivity contribution is 5.94. The Labute approximate surface area is 127 Å². The first kappa shape index (κ1) is 16.0. The first-order valence-corrected chi connectivity index (χ1v) is 7.87. The number of piperidine rings is 1. The van der Waals surface area contributed by atoms with E-state index < -0.39 is 0 Å². The molecule has 1 aliphatic rings. The number of hydrogen-bond acceptors (Lipinski definition) is 3. The first-order chi connectivity index (χ1) is 10.1. The van der Waals surface area contributed by atoms with Crippen molar-refractivity contribution in [1.82, 2.24) is 4.90 Å². The molecule has 0 aromatic heterocycles. The summed E-state index contributed by atoms with van der Waals surface area (Å²) in [6, 6.07) is 9.82. The largest absolute Gasteiger partial charge is 0.393 e. The van der Waals surface area contributed by atoms with Gasteiger partial charge in [0.1, 0.15) is 0 Å². The summed E-state index contributed by atoms with van der Waals surface area (Å²) in [4.78, 5) is 16.5. The van der Waals surface area contributed by atoms with Crippen LogP contribution in [0.3, 0.4) is 0 Å². The smallest absolute Gasteiger partial charge is 0.241 e. The molecular formula is C17H26N2O2. The van der Waals surface area contributed by atoms with Gasteiger partial charge < -0.3 is 10.0 Å². The van der Waals surface area contributed by atoms with Crippen molar-refractivity contribution in [2.75, 3.05) is 31.1 Å². The molecule has 1 unspecified atom stereocenters. The van der Waals surface area contributed by atoms with Gasteiger partial charge in [-0.25, -0.2) is 0 Å². The number of likely N-dealkylation sites (tertiary alicyclic amines) is 1. The number of carbonyl (C=O) groups is 1. The zero-order valence-electron chi connectivity index (χ0n) is 13.0. The fourth-order valence-corrected chi connectivity index (χ4v) is 2.98. The molecule has 0 spiro atoms. The summed E-state index contributed by atoms with van der Waals surface area (Å²) in [5, 5.41) is 9.63. The second-order valence-corrected chi connectivity index (χ2v) is 5.83. The third-order valence-electron chi connectivity index (χ3n) is 4.36. The lowest BCUT2D eigenvalue weighted by molar-refractivity contribution is -0.120. The Kier molecular flexibility index (Phi) is 5.76. The number of carbonyl (C=O) groups excluding carboxylic acids is 1. The van der Waals surface area contributed by atoms with E-state index in [0.29, 0.717) is 19.0 Å². The van der Waals surface area contributed by atoms with Crippen molar-refractivity contribution in [3.05, 3.63) is 30.3 Å². The number of para-hydroxylation sites is 1. The molecule has 2 rings (SSSR count). The van der Waals surface area contributed by atoms with Crippen molar-refractivity contribution >= 4 is 11.6 Å². The van der Waals surface area contributed by atoms with Crippen molar-refractivity contribution in [3.63, 3.8) is 0 Å². The summed E-state index contributed by atoms with van der Waals surface area (Å²) >= 11 is 0. The van der Waals surface area contributed by atoms with E-state index in [1.165, 1.54) is 0 Å². The second kappa shape index (κ2) is 7.57. The van der Waals surface area contributed by atoms with Crippen LogP contribution < -0.4 is 4.90 Å². The molecule has 1 aliphatic heterocycles. The molecule has 21 heavy (non-hydrogen) atoms. The van der Waals surface area contributed by atoms with Gasteiger partial charge in [-0.1, -0.05) is 18.2 Å². The Morgan fingerprint density at radius 3 is 2.48 bits per heavy atom. The Balaban J connectivity index is 1.89. The molecule has 0 radical (unpaired) electrons. The van der Waals surface area contributed by atoms with Gasteiger partial charge in [0, 0.05) is 12.2 Å². The lowest BCUT2D eigenvalue weighted by atomic mass is 9.92. The van der Waals surface area contributed by atoms with Gasteiger partial charge in [-0.3, -0.25) is 9.69 Å². The molecule has 0 aliphatic carbocycles. The minimum Gasteiger partial charge on any atom is -0.393 e. The highest BCUT2D eigenvalue weighted by atomic mass is 16.3. The van der Waals surface area contributed by atoms with Gasteiger partial charge in [-0.05, 0) is 57.8 Å². The number of aliphatic hydroxyl groups is 1. The molecule has 1 saturated heterocycles. The lowest BCUT2D eigenvalue weighted by Gasteiger charge is -2.34. The Bertz CT molecular complexity index is 439. The number of benzene rings is 1. The van der Waals surface area contributed by atoms with Crippen LogP contribution in [0.15, 0.2) is 30.3 Å². The number of likely N-dealkylation sites (N-methyl/N-ethyl adjacent to an activating group) is 1. The maximum absolute atomic E-state index is 12.5. The minimum atomic E-state index is -0.237. The fraction of sp³-hybridized carbons (Fsp3) is 0.588. The van der Waals surface area contributed by atoms with Gasteiger partial charge in [-0.2, -0.15) is 0 Å². The number of amides is 1. The molecule has 0 bridgehead atoms. The lowest BCUT2D eigenvalue weighted by Crippen LogP contribution is -2.44. The van der Waals surface area contributed by atoms with Crippen LogP contribution in [0.5, 0.6) is 0 Å². The fourth-order valence-electron chi connectivity index (χ4n) is 2.98. The summed E-state index contributed by atoms with van der Waals surface area (Å²) in [5.41, 5.74) is 0.962. The maximum Gasteiger partial charge on any atom is 0.241 e. The van der Waals surface area contributed by atoms with Gasteiger partial charge in [0.25, 0.3) is 0 Å². The highest BCUT2D eigenvalue weighted by Gasteiger charge is 2.25. The SMILES string of the molecule is CCN(C(=O)CN1CCC(C(C)O)CC1)c1ccccc1. The second-order valence-electron chi connectivity index (χ2n) is 5.83. The van der Waals surface area contributed by atoms with Crippen LogP contribution in [0.4, 0.5) is 5.69 Å². The molecule has 1 amide bonds. The van der Waals surface area contributed by atoms with Crippen molar-refractivity contribution < 1.29 is 9.90 Å². The molecule has 1 heterocycles. The number of hydrogen-bond donors (Lipinski definition) is 1. The van der Waals surface area contributed by atoms with Crippen LogP contribution in [0.25, 0.3) is 0 Å². The zero-order valence-corrected chi connectivity index (χ0v) is 13.0. The van der Waals surface area contributed by atoms with Crippen molar-refractivity contribution in [2.45, 2.75) is 32.8 Å². The standard InChI is InChI=1S/C17H26N2O2/c1-3-19(16-7-5-4-6-8-16)17(21)13-18-11-9-15(10-12-18)14(2)20/h4-8,14-15,20H,3,9-13H2,1-2H3. The Morgan fingerprint density at radius 2 is 1.95 bits per heavy atom. The molecule has 1 fully saturated rings. The summed E-state index contributed by atoms with van der Waals surface area (Å²) < 4.78 is 0. The average molecular weight is 290 g/mol. The van der Waals surface area contributed by atoms with Crippen LogP contribution in [0.2, 0.25) is 0 Å². The highest BCUT2D eigenvalue weighted by Crippen LogP contribution is 2.21. The van der Waals surface area contributed by atoms with Crippen LogP contribution in [-0.4, -0.2) is 48.2 Å². The number of nitrogens with zero attached hydrogens (tertiary/aromatic N) is 2. The molecule has 1 aromatic carbocycles. The first-order valence-electron chi connectivity index (χ1n) is 7.87. The topological polar surface area (TPSA) is 43.8 Å². The van der Waals surface area contributed by atoms with Crippen molar-refractivity contribution in [2.24, 2.45) is 5.92 Å². The predicted octanol–water partition coefficient (Wildman–Crippen LogP) is 2.13. The average Bonchev–Trinajstić information content (AvgIpc) is 2.49. The van der Waals surface area contributed by atoms with E-state index in [-0.39, 0.29) is 12.0 Å². The normalized spacial score (nSPS) is 18.4. The Hall–Kier alpha value is -1.39. The van der Waals surface area contributed by atoms with E-state index in [4.69, 9.17) is 0 Å².